The topological polar surface area (TPSA) is 110 Å². The average Bonchev–Trinajstić information content (AvgIpc) is 3.29. The first-order valence-corrected chi connectivity index (χ1v) is 10.0. The minimum Gasteiger partial charge on any atom is -0.361 e. The van der Waals surface area contributed by atoms with Crippen molar-refractivity contribution in [3.05, 3.63) is 23.1 Å². The molecule has 2 amide bonds. The Kier molecular flexibility index (Phi) is 6.84. The molecule has 2 aromatic rings. The van der Waals surface area contributed by atoms with Crippen LogP contribution < -0.4 is 10.9 Å². The largest absolute Gasteiger partial charge is 0.361 e. The molecule has 8 heteroatoms. The maximum Gasteiger partial charge on any atom is 0.275 e. The van der Waals surface area contributed by atoms with E-state index in [2.05, 4.69) is 21.2 Å². The van der Waals surface area contributed by atoms with E-state index in [1.165, 1.54) is 38.5 Å². The molecule has 1 aliphatic carbocycles. The molecule has 0 aliphatic heterocycles. The smallest absolute Gasteiger partial charge is 0.275 e. The summed E-state index contributed by atoms with van der Waals surface area (Å²) in [6.45, 7) is 3.40. The van der Waals surface area contributed by atoms with Gasteiger partial charge in [0.1, 0.15) is 11.3 Å². The number of amides is 2. The molecule has 2 aromatic heterocycles. The van der Waals surface area contributed by atoms with E-state index in [1.807, 2.05) is 0 Å². The lowest BCUT2D eigenvalue weighted by Gasteiger charge is -2.21. The molecule has 1 saturated carbocycles. The van der Waals surface area contributed by atoms with Crippen molar-refractivity contribution < 1.29 is 18.6 Å². The van der Waals surface area contributed by atoms with Crippen LogP contribution in [0.2, 0.25) is 0 Å². The van der Waals surface area contributed by atoms with Gasteiger partial charge in [-0.3, -0.25) is 20.4 Å². The molecule has 0 atom stereocenters. The summed E-state index contributed by atoms with van der Waals surface area (Å²) >= 11 is 0. The highest BCUT2D eigenvalue weighted by Crippen LogP contribution is 2.28. The minimum absolute atomic E-state index is 0.204. The number of nitrogens with one attached hydrogen (secondary N) is 2. The predicted octanol–water partition coefficient (Wildman–Crippen LogP) is 3.85. The van der Waals surface area contributed by atoms with Crippen molar-refractivity contribution in [2.45, 2.75) is 71.6 Å². The fourth-order valence-electron chi connectivity index (χ4n) is 3.73. The first-order valence-electron chi connectivity index (χ1n) is 10.0. The van der Waals surface area contributed by atoms with Crippen molar-refractivity contribution in [3.8, 4) is 11.5 Å². The van der Waals surface area contributed by atoms with Crippen LogP contribution in [0.1, 0.15) is 79.6 Å². The van der Waals surface area contributed by atoms with Crippen molar-refractivity contribution in [1.29, 1.82) is 0 Å². The van der Waals surface area contributed by atoms with Crippen LogP contribution in [-0.2, 0) is 4.79 Å². The van der Waals surface area contributed by atoms with Gasteiger partial charge < -0.3 is 9.05 Å². The van der Waals surface area contributed by atoms with Crippen LogP contribution >= 0.6 is 0 Å². The van der Waals surface area contributed by atoms with Crippen molar-refractivity contribution >= 4 is 11.8 Å². The number of nitrogens with zero attached hydrogens (tertiary/aromatic N) is 2. The van der Waals surface area contributed by atoms with E-state index in [4.69, 9.17) is 9.05 Å². The summed E-state index contributed by atoms with van der Waals surface area (Å²) in [5, 5.41) is 7.68. The van der Waals surface area contributed by atoms with Gasteiger partial charge in [0.25, 0.3) is 5.91 Å². The average molecular weight is 388 g/mol. The Morgan fingerprint density at radius 2 is 1.86 bits per heavy atom. The maximum atomic E-state index is 12.5. The Labute approximate surface area is 164 Å². The van der Waals surface area contributed by atoms with Crippen LogP contribution in [0.15, 0.2) is 15.1 Å². The van der Waals surface area contributed by atoms with Crippen molar-refractivity contribution in [2.24, 2.45) is 5.92 Å². The Bertz CT molecular complexity index is 805. The number of hydrogen-bond acceptors (Lipinski definition) is 6. The molecule has 1 fully saturated rings. The Morgan fingerprint density at radius 3 is 2.57 bits per heavy atom. The molecule has 2 N–H and O–H groups in total. The number of carbonyl (C=O) groups is 2. The zero-order valence-electron chi connectivity index (χ0n) is 16.5. The van der Waals surface area contributed by atoms with Crippen LogP contribution in [0.3, 0.4) is 0 Å². The zero-order valence-corrected chi connectivity index (χ0v) is 16.5. The molecule has 0 unspecified atom stereocenters. The van der Waals surface area contributed by atoms with Crippen molar-refractivity contribution in [2.75, 3.05) is 0 Å². The molecule has 3 rings (SSSR count). The summed E-state index contributed by atoms with van der Waals surface area (Å²) in [6.07, 6.45) is 10.2. The monoisotopic (exact) mass is 388 g/mol. The molecule has 2 heterocycles. The van der Waals surface area contributed by atoms with Crippen LogP contribution in [-0.4, -0.2) is 22.1 Å². The quantitative estimate of drug-likeness (QED) is 0.551. The van der Waals surface area contributed by atoms with Crippen LogP contribution in [0.5, 0.6) is 0 Å². The second-order valence-corrected chi connectivity index (χ2v) is 7.55. The second-order valence-electron chi connectivity index (χ2n) is 7.55. The fraction of sp³-hybridized carbons (Fsp3) is 0.600. The fourth-order valence-corrected chi connectivity index (χ4v) is 3.73. The van der Waals surface area contributed by atoms with E-state index in [0.717, 1.165) is 18.8 Å². The summed E-state index contributed by atoms with van der Waals surface area (Å²) in [5.41, 5.74) is 5.93. The third-order valence-corrected chi connectivity index (χ3v) is 5.26. The normalized spacial score (nSPS) is 14.8. The molecule has 152 valence electrons. The SMILES string of the molecule is Cc1cc(-c2onc(C)c2C(=O)NNC(=O)CCCCC2CCCCC2)no1. The molecule has 0 radical (unpaired) electrons. The van der Waals surface area contributed by atoms with E-state index in [0.29, 0.717) is 23.6 Å². The highest BCUT2D eigenvalue weighted by molar-refractivity contribution is 6.00. The second kappa shape index (κ2) is 9.52. The molecule has 0 bridgehead atoms. The minimum atomic E-state index is -0.495. The van der Waals surface area contributed by atoms with E-state index >= 15 is 0 Å². The summed E-state index contributed by atoms with van der Waals surface area (Å²) in [5.74, 6) is 0.937. The standard InChI is InChI=1S/C20H28N4O4/c1-13-12-16(24-27-13)19-18(14(2)23-28-19)20(26)22-21-17(25)11-7-6-10-15-8-4-3-5-9-15/h12,15H,3-11H2,1-2H3,(H,21,25)(H,22,26). The Morgan fingerprint density at radius 1 is 1.07 bits per heavy atom. The summed E-state index contributed by atoms with van der Waals surface area (Å²) in [4.78, 5) is 24.5. The first kappa shape index (κ1) is 20.1. The lowest BCUT2D eigenvalue weighted by molar-refractivity contribution is -0.122. The highest BCUT2D eigenvalue weighted by atomic mass is 16.5. The van der Waals surface area contributed by atoms with Gasteiger partial charge in [0.2, 0.25) is 11.7 Å². The van der Waals surface area contributed by atoms with Crippen molar-refractivity contribution in [3.63, 3.8) is 0 Å². The van der Waals surface area contributed by atoms with Gasteiger partial charge in [0.05, 0.1) is 5.69 Å². The lowest BCUT2D eigenvalue weighted by atomic mass is 9.85. The molecular formula is C20H28N4O4. The van der Waals surface area contributed by atoms with E-state index in [1.54, 1.807) is 19.9 Å². The molecule has 1 aliphatic rings. The summed E-state index contributed by atoms with van der Waals surface area (Å²) < 4.78 is 10.2. The predicted molar refractivity (Wildman–Crippen MR) is 102 cm³/mol. The van der Waals surface area contributed by atoms with Crippen molar-refractivity contribution in [1.82, 2.24) is 21.2 Å². The van der Waals surface area contributed by atoms with E-state index in [-0.39, 0.29) is 17.2 Å². The van der Waals surface area contributed by atoms with Gasteiger partial charge in [0.15, 0.2) is 5.69 Å². The number of aromatic nitrogens is 2. The Balaban J connectivity index is 1.44. The molecular weight excluding hydrogens is 360 g/mol. The van der Waals surface area contributed by atoms with Crippen LogP contribution in [0.4, 0.5) is 0 Å². The number of unbranched alkanes of at least 4 members (excludes halogenated alkanes) is 1. The number of aryl methyl sites for hydroxylation is 2. The van der Waals surface area contributed by atoms with E-state index < -0.39 is 5.91 Å². The number of hydrazine groups is 1. The molecule has 0 aromatic carbocycles. The van der Waals surface area contributed by atoms with Gasteiger partial charge in [-0.05, 0) is 26.2 Å². The third kappa shape index (κ3) is 5.21. The van der Waals surface area contributed by atoms with Gasteiger partial charge in [0, 0.05) is 12.5 Å². The van der Waals surface area contributed by atoms with E-state index in [9.17, 15) is 9.59 Å². The molecule has 0 saturated heterocycles. The molecule has 8 nitrogen and oxygen atoms in total. The van der Waals surface area contributed by atoms with Gasteiger partial charge in [-0.2, -0.15) is 0 Å². The number of carbonyl (C=O) groups excluding carboxylic acids is 2. The first-order chi connectivity index (χ1) is 13.5. The van der Waals surface area contributed by atoms with Crippen LogP contribution in [0.25, 0.3) is 11.5 Å². The van der Waals surface area contributed by atoms with Gasteiger partial charge in [-0.15, -0.1) is 0 Å². The third-order valence-electron chi connectivity index (χ3n) is 5.26. The zero-order chi connectivity index (χ0) is 19.9. The maximum absolute atomic E-state index is 12.5. The lowest BCUT2D eigenvalue weighted by Crippen LogP contribution is -2.41. The van der Waals surface area contributed by atoms with Gasteiger partial charge in [-0.25, -0.2) is 0 Å². The number of hydrogen-bond donors (Lipinski definition) is 2. The van der Waals surface area contributed by atoms with Gasteiger partial charge >= 0.3 is 0 Å². The summed E-state index contributed by atoms with van der Waals surface area (Å²) in [7, 11) is 0. The van der Waals surface area contributed by atoms with Crippen LogP contribution in [0, 0.1) is 19.8 Å². The highest BCUT2D eigenvalue weighted by Gasteiger charge is 2.24. The van der Waals surface area contributed by atoms with Gasteiger partial charge in [-0.1, -0.05) is 55.3 Å². The molecule has 28 heavy (non-hydrogen) atoms. The number of rotatable bonds is 7. The Hall–Kier alpha value is -2.64. The summed E-state index contributed by atoms with van der Waals surface area (Å²) in [6, 6.07) is 1.65. The molecule has 0 spiro atoms.